The average Bonchev–Trinajstić information content (AvgIpc) is 3.37. The second-order valence-corrected chi connectivity index (χ2v) is 8.94. The minimum absolute atomic E-state index is 0.145. The van der Waals surface area contributed by atoms with Gasteiger partial charge in [-0.15, -0.1) is 5.10 Å². The van der Waals surface area contributed by atoms with Gasteiger partial charge in [-0.05, 0) is 46.5 Å². The van der Waals surface area contributed by atoms with E-state index >= 15 is 0 Å². The Hall–Kier alpha value is -4.55. The summed E-state index contributed by atoms with van der Waals surface area (Å²) in [7, 11) is 0. The summed E-state index contributed by atoms with van der Waals surface area (Å²) in [5.41, 5.74) is 4.96. The highest BCUT2D eigenvalue weighted by atomic mass is 16.5. The van der Waals surface area contributed by atoms with Crippen LogP contribution in [0.5, 0.6) is 17.4 Å². The molecule has 6 nitrogen and oxygen atoms in total. The summed E-state index contributed by atoms with van der Waals surface area (Å²) in [6.07, 6.45) is 1.82. The molecule has 1 N–H and O–H groups in total. The van der Waals surface area contributed by atoms with Crippen molar-refractivity contribution < 1.29 is 19.3 Å². The monoisotopic (exact) mass is 506 g/mol. The van der Waals surface area contributed by atoms with Crippen LogP contribution < -0.4 is 14.2 Å². The number of aliphatic hydroxyl groups is 1. The fourth-order valence-corrected chi connectivity index (χ4v) is 3.95. The molecular formula is C32H30N2O4. The highest BCUT2D eigenvalue weighted by Crippen LogP contribution is 2.21. The molecule has 0 saturated carbocycles. The van der Waals surface area contributed by atoms with Crippen LogP contribution in [-0.2, 0) is 33.0 Å². The van der Waals surface area contributed by atoms with Crippen molar-refractivity contribution in [2.75, 3.05) is 0 Å². The SMILES string of the molecule is OCc1cn(Cc2ccc(OCc3ccccc3)cc2)nc1OCc1ccc(OCc2ccccc2)cc1. The molecule has 0 fully saturated rings. The highest BCUT2D eigenvalue weighted by molar-refractivity contribution is 5.30. The van der Waals surface area contributed by atoms with E-state index in [4.69, 9.17) is 14.2 Å². The third-order valence-corrected chi connectivity index (χ3v) is 6.03. The number of hydrogen-bond donors (Lipinski definition) is 1. The van der Waals surface area contributed by atoms with Gasteiger partial charge in [-0.1, -0.05) is 84.9 Å². The third-order valence-electron chi connectivity index (χ3n) is 6.03. The molecule has 192 valence electrons. The van der Waals surface area contributed by atoms with E-state index in [1.54, 1.807) is 4.68 Å². The normalized spacial score (nSPS) is 10.8. The average molecular weight is 507 g/mol. The largest absolute Gasteiger partial charge is 0.489 e. The molecule has 0 bridgehead atoms. The van der Waals surface area contributed by atoms with Gasteiger partial charge in [0.2, 0.25) is 5.88 Å². The van der Waals surface area contributed by atoms with Gasteiger partial charge in [0.25, 0.3) is 0 Å². The summed E-state index contributed by atoms with van der Waals surface area (Å²) in [6.45, 7) is 1.81. The number of rotatable bonds is 12. The maximum atomic E-state index is 9.81. The fraction of sp³-hybridized carbons (Fsp3) is 0.156. The first-order chi connectivity index (χ1) is 18.7. The summed E-state index contributed by atoms with van der Waals surface area (Å²) in [5.74, 6) is 2.05. The lowest BCUT2D eigenvalue weighted by atomic mass is 10.2. The standard InChI is InChI=1S/C32H30N2O4/c35-21-29-20-34(19-25-11-15-30(16-12-25)36-22-26-7-3-1-4-8-26)33-32(29)38-24-28-13-17-31(18-14-28)37-23-27-9-5-2-6-10-27/h1-18,20,35H,19,21-24H2. The molecular weight excluding hydrogens is 476 g/mol. The number of benzene rings is 4. The Kier molecular flexibility index (Phi) is 8.33. The molecule has 6 heteroatoms. The van der Waals surface area contributed by atoms with Crippen LogP contribution in [0.2, 0.25) is 0 Å². The van der Waals surface area contributed by atoms with Crippen LogP contribution in [-0.4, -0.2) is 14.9 Å². The highest BCUT2D eigenvalue weighted by Gasteiger charge is 2.11. The van der Waals surface area contributed by atoms with Crippen molar-refractivity contribution in [1.29, 1.82) is 0 Å². The number of aliphatic hydroxyl groups excluding tert-OH is 1. The van der Waals surface area contributed by atoms with Crippen LogP contribution in [0.4, 0.5) is 0 Å². The minimum Gasteiger partial charge on any atom is -0.489 e. The Labute approximate surface area is 222 Å². The van der Waals surface area contributed by atoms with Crippen molar-refractivity contribution in [2.45, 2.75) is 33.0 Å². The second kappa shape index (κ2) is 12.6. The van der Waals surface area contributed by atoms with E-state index in [0.717, 1.165) is 33.8 Å². The number of ether oxygens (including phenoxy) is 3. The van der Waals surface area contributed by atoms with Gasteiger partial charge in [0, 0.05) is 6.20 Å². The van der Waals surface area contributed by atoms with Crippen molar-refractivity contribution in [3.05, 3.63) is 143 Å². The Morgan fingerprint density at radius 1 is 0.553 bits per heavy atom. The first-order valence-corrected chi connectivity index (χ1v) is 12.6. The topological polar surface area (TPSA) is 65.7 Å². The molecule has 0 atom stereocenters. The van der Waals surface area contributed by atoms with Gasteiger partial charge in [-0.3, -0.25) is 4.68 Å². The molecule has 0 amide bonds. The first-order valence-electron chi connectivity index (χ1n) is 12.6. The lowest BCUT2D eigenvalue weighted by Gasteiger charge is -2.08. The summed E-state index contributed by atoms with van der Waals surface area (Å²) in [6, 6.07) is 35.9. The van der Waals surface area contributed by atoms with E-state index in [1.165, 1.54) is 0 Å². The van der Waals surface area contributed by atoms with Gasteiger partial charge in [0.05, 0.1) is 18.7 Å². The van der Waals surface area contributed by atoms with Gasteiger partial charge in [0.15, 0.2) is 0 Å². The summed E-state index contributed by atoms with van der Waals surface area (Å²) in [5, 5.41) is 14.4. The van der Waals surface area contributed by atoms with E-state index < -0.39 is 0 Å². The van der Waals surface area contributed by atoms with E-state index in [2.05, 4.69) is 5.10 Å². The van der Waals surface area contributed by atoms with Crippen LogP contribution in [0, 0.1) is 0 Å². The maximum Gasteiger partial charge on any atom is 0.238 e. The van der Waals surface area contributed by atoms with Crippen LogP contribution in [0.1, 0.15) is 27.8 Å². The third kappa shape index (κ3) is 7.02. The van der Waals surface area contributed by atoms with Crippen molar-refractivity contribution in [2.24, 2.45) is 0 Å². The molecule has 38 heavy (non-hydrogen) atoms. The molecule has 0 aliphatic heterocycles. The van der Waals surface area contributed by atoms with Crippen molar-refractivity contribution >= 4 is 0 Å². The molecule has 0 unspecified atom stereocenters. The minimum atomic E-state index is -0.145. The molecule has 0 saturated heterocycles. The Bertz CT molecular complexity index is 1400. The predicted molar refractivity (Wildman–Crippen MR) is 146 cm³/mol. The molecule has 5 aromatic rings. The molecule has 0 spiro atoms. The molecule has 1 heterocycles. The molecule has 0 radical (unpaired) electrons. The zero-order chi connectivity index (χ0) is 26.0. The zero-order valence-corrected chi connectivity index (χ0v) is 21.1. The van der Waals surface area contributed by atoms with Crippen molar-refractivity contribution in [1.82, 2.24) is 9.78 Å². The zero-order valence-electron chi connectivity index (χ0n) is 21.1. The van der Waals surface area contributed by atoms with Crippen molar-refractivity contribution in [3.63, 3.8) is 0 Å². The van der Waals surface area contributed by atoms with Crippen LogP contribution in [0.25, 0.3) is 0 Å². The van der Waals surface area contributed by atoms with Gasteiger partial charge >= 0.3 is 0 Å². The van der Waals surface area contributed by atoms with Crippen LogP contribution in [0.15, 0.2) is 115 Å². The van der Waals surface area contributed by atoms with E-state index in [-0.39, 0.29) is 6.61 Å². The second-order valence-electron chi connectivity index (χ2n) is 8.94. The number of aromatic nitrogens is 2. The van der Waals surface area contributed by atoms with Crippen LogP contribution >= 0.6 is 0 Å². The predicted octanol–water partition coefficient (Wildman–Crippen LogP) is 6.16. The smallest absolute Gasteiger partial charge is 0.238 e. The first kappa shape index (κ1) is 25.1. The summed E-state index contributed by atoms with van der Waals surface area (Å²) < 4.78 is 19.4. The number of hydrogen-bond acceptors (Lipinski definition) is 5. The molecule has 1 aromatic heterocycles. The van der Waals surface area contributed by atoms with E-state index in [0.29, 0.717) is 37.8 Å². The van der Waals surface area contributed by atoms with E-state index in [1.807, 2.05) is 115 Å². The summed E-state index contributed by atoms with van der Waals surface area (Å²) >= 11 is 0. The quantitative estimate of drug-likeness (QED) is 0.220. The molecule has 5 rings (SSSR count). The van der Waals surface area contributed by atoms with Gasteiger partial charge in [0.1, 0.15) is 31.3 Å². The fourth-order valence-electron chi connectivity index (χ4n) is 3.95. The van der Waals surface area contributed by atoms with Gasteiger partial charge < -0.3 is 19.3 Å². The molecule has 0 aliphatic carbocycles. The van der Waals surface area contributed by atoms with Crippen molar-refractivity contribution in [3.8, 4) is 17.4 Å². The molecule has 0 aliphatic rings. The van der Waals surface area contributed by atoms with Gasteiger partial charge in [-0.25, -0.2) is 0 Å². The molecule has 4 aromatic carbocycles. The summed E-state index contributed by atoms with van der Waals surface area (Å²) in [4.78, 5) is 0. The number of nitrogens with zero attached hydrogens (tertiary/aromatic N) is 2. The Balaban J connectivity index is 1.13. The lowest BCUT2D eigenvalue weighted by molar-refractivity contribution is 0.254. The maximum absolute atomic E-state index is 9.81. The van der Waals surface area contributed by atoms with Crippen LogP contribution in [0.3, 0.4) is 0 Å². The Morgan fingerprint density at radius 2 is 1.03 bits per heavy atom. The lowest BCUT2D eigenvalue weighted by Crippen LogP contribution is -2.02. The Morgan fingerprint density at radius 3 is 1.55 bits per heavy atom. The van der Waals surface area contributed by atoms with E-state index in [9.17, 15) is 5.11 Å². The van der Waals surface area contributed by atoms with Gasteiger partial charge in [-0.2, -0.15) is 0 Å².